The molecular formula is C44H80NO9P. The van der Waals surface area contributed by atoms with Crippen LogP contribution in [0.3, 0.4) is 0 Å². The largest absolute Gasteiger partial charge is 0.756 e. The van der Waals surface area contributed by atoms with E-state index in [1.165, 1.54) is 83.5 Å². The number of quaternary nitrogens is 1. The molecule has 0 aromatic rings. The number of unbranched alkanes of at least 4 members (excludes halogenated alkanes) is 15. The number of hydrogen-bond acceptors (Lipinski definition) is 9. The Morgan fingerprint density at radius 2 is 1.22 bits per heavy atom. The van der Waals surface area contributed by atoms with Gasteiger partial charge in [-0.25, -0.2) is 0 Å². The maximum Gasteiger partial charge on any atom is 0.306 e. The highest BCUT2D eigenvalue weighted by atomic mass is 31.2. The predicted octanol–water partition coefficient (Wildman–Crippen LogP) is 10.5. The number of rotatable bonds is 38. The van der Waals surface area contributed by atoms with Crippen LogP contribution < -0.4 is 4.89 Å². The Morgan fingerprint density at radius 1 is 0.673 bits per heavy atom. The van der Waals surface area contributed by atoms with Crippen LogP contribution in [0.25, 0.3) is 0 Å². The lowest BCUT2D eigenvalue weighted by atomic mass is 10.0. The van der Waals surface area contributed by atoms with Crippen molar-refractivity contribution < 1.29 is 46.8 Å². The number of carbonyl (C=O) groups is 2. The Morgan fingerprint density at radius 3 is 1.84 bits per heavy atom. The third-order valence-corrected chi connectivity index (χ3v) is 10.6. The molecule has 0 aliphatic carbocycles. The summed E-state index contributed by atoms with van der Waals surface area (Å²) >= 11 is 0. The van der Waals surface area contributed by atoms with E-state index in [0.717, 1.165) is 51.4 Å². The molecule has 4 atom stereocenters. The second-order valence-corrected chi connectivity index (χ2v) is 17.5. The number of nitrogens with zero attached hydrogens (tertiary/aromatic N) is 1. The second kappa shape index (κ2) is 33.2. The smallest absolute Gasteiger partial charge is 0.306 e. The van der Waals surface area contributed by atoms with Gasteiger partial charge in [-0.2, -0.15) is 0 Å². The van der Waals surface area contributed by atoms with Gasteiger partial charge < -0.3 is 32.6 Å². The van der Waals surface area contributed by atoms with E-state index in [-0.39, 0.29) is 38.3 Å². The maximum atomic E-state index is 12.7. The summed E-state index contributed by atoms with van der Waals surface area (Å²) in [6.07, 6.45) is 37.6. The van der Waals surface area contributed by atoms with E-state index in [2.05, 4.69) is 50.3 Å². The Kier molecular flexibility index (Phi) is 30.9. The monoisotopic (exact) mass is 798 g/mol. The van der Waals surface area contributed by atoms with Gasteiger partial charge in [-0.1, -0.05) is 140 Å². The van der Waals surface area contributed by atoms with Crippen molar-refractivity contribution in [2.24, 2.45) is 0 Å². The van der Waals surface area contributed by atoms with Crippen LogP contribution in [-0.4, -0.2) is 82.2 Å². The number of ether oxygens (including phenoxy) is 3. The Hall–Kier alpha value is -1.81. The highest BCUT2D eigenvalue weighted by Crippen LogP contribution is 2.38. The number of phosphoric ester groups is 1. The van der Waals surface area contributed by atoms with E-state index < -0.39 is 32.5 Å². The standard InChI is InChI=1S/C44H80NO9P/c1-6-8-10-12-14-16-18-20-22-24-26-28-30-34-43(46)50-38-40(39-52-55(48,49)51-37-36-45(3,4)5)53-44(47)35-31-33-42-41(54-42)32-29-27-25-23-21-19-17-15-13-11-9-7-2/h15,17,21,23,27,29,40-42H,6-14,16,18-20,22,24-26,28,30-39H2,1-5H3/b17-15-,23-21-,29-27-/t40-,41?,42?/m1/s1. The fourth-order valence-electron chi connectivity index (χ4n) is 6.03. The average Bonchev–Trinajstić information content (AvgIpc) is 3.88. The van der Waals surface area contributed by atoms with Crippen LogP contribution in [0.1, 0.15) is 168 Å². The first-order valence-electron chi connectivity index (χ1n) is 21.8. The summed E-state index contributed by atoms with van der Waals surface area (Å²) in [4.78, 5) is 37.6. The number of allylic oxidation sites excluding steroid dienone is 5. The highest BCUT2D eigenvalue weighted by molar-refractivity contribution is 7.45. The summed E-state index contributed by atoms with van der Waals surface area (Å²) in [7, 11) is 1.12. The number of likely N-dealkylation sites (N-methyl/N-ethyl adjacent to an activating group) is 1. The predicted molar refractivity (Wildman–Crippen MR) is 221 cm³/mol. The molecule has 3 unspecified atom stereocenters. The zero-order chi connectivity index (χ0) is 40.5. The molecule has 0 saturated carbocycles. The minimum absolute atomic E-state index is 0.0446. The molecule has 320 valence electrons. The molecule has 1 aliphatic rings. The molecule has 1 aliphatic heterocycles. The number of esters is 2. The molecule has 10 nitrogen and oxygen atoms in total. The van der Waals surface area contributed by atoms with E-state index in [0.29, 0.717) is 17.4 Å². The number of phosphoric acid groups is 1. The molecule has 0 spiro atoms. The summed E-state index contributed by atoms with van der Waals surface area (Å²) in [6, 6.07) is 0. The van der Waals surface area contributed by atoms with Crippen LogP contribution in [0.4, 0.5) is 0 Å². The van der Waals surface area contributed by atoms with Crippen molar-refractivity contribution >= 4 is 19.8 Å². The lowest BCUT2D eigenvalue weighted by molar-refractivity contribution is -0.870. The minimum Gasteiger partial charge on any atom is -0.756 e. The third kappa shape index (κ3) is 34.0. The van der Waals surface area contributed by atoms with E-state index in [1.807, 2.05) is 21.1 Å². The van der Waals surface area contributed by atoms with Crippen molar-refractivity contribution in [2.75, 3.05) is 47.5 Å². The number of hydrogen-bond donors (Lipinski definition) is 0. The molecule has 1 saturated heterocycles. The van der Waals surface area contributed by atoms with Gasteiger partial charge in [0.15, 0.2) is 6.10 Å². The summed E-state index contributed by atoms with van der Waals surface area (Å²) < 4.78 is 39.7. The van der Waals surface area contributed by atoms with Crippen molar-refractivity contribution in [1.29, 1.82) is 0 Å². The molecule has 1 heterocycles. The van der Waals surface area contributed by atoms with Gasteiger partial charge >= 0.3 is 11.9 Å². The van der Waals surface area contributed by atoms with Crippen molar-refractivity contribution in [2.45, 2.75) is 186 Å². The molecule has 0 aromatic heterocycles. The van der Waals surface area contributed by atoms with Crippen molar-refractivity contribution in [3.8, 4) is 0 Å². The first-order chi connectivity index (χ1) is 26.5. The van der Waals surface area contributed by atoms with Gasteiger partial charge in [-0.05, 0) is 51.4 Å². The lowest BCUT2D eigenvalue weighted by Gasteiger charge is -2.28. The van der Waals surface area contributed by atoms with E-state index in [9.17, 15) is 19.0 Å². The van der Waals surface area contributed by atoms with Crippen molar-refractivity contribution in [3.63, 3.8) is 0 Å². The van der Waals surface area contributed by atoms with E-state index in [1.54, 1.807) is 0 Å². The third-order valence-electron chi connectivity index (χ3n) is 9.59. The zero-order valence-corrected chi connectivity index (χ0v) is 36.5. The number of epoxide rings is 1. The van der Waals surface area contributed by atoms with Crippen LogP contribution in [-0.2, 0) is 37.4 Å². The van der Waals surface area contributed by atoms with Gasteiger partial charge in [0, 0.05) is 12.8 Å². The Balaban J connectivity index is 2.35. The van der Waals surface area contributed by atoms with Crippen LogP contribution in [0.2, 0.25) is 0 Å². The van der Waals surface area contributed by atoms with Gasteiger partial charge in [0.05, 0.1) is 40.0 Å². The van der Waals surface area contributed by atoms with Crippen LogP contribution in [0.15, 0.2) is 36.5 Å². The Bertz CT molecular complexity index is 1100. The zero-order valence-electron chi connectivity index (χ0n) is 35.6. The topological polar surface area (TPSA) is 124 Å². The summed E-state index contributed by atoms with van der Waals surface area (Å²) in [5, 5.41) is 0. The Labute approximate surface area is 336 Å². The average molecular weight is 798 g/mol. The van der Waals surface area contributed by atoms with Gasteiger partial charge in [0.1, 0.15) is 19.8 Å². The minimum atomic E-state index is -4.65. The van der Waals surface area contributed by atoms with Crippen LogP contribution in [0.5, 0.6) is 0 Å². The van der Waals surface area contributed by atoms with Gasteiger partial charge in [0.25, 0.3) is 7.82 Å². The fourth-order valence-corrected chi connectivity index (χ4v) is 6.76. The SMILES string of the molecule is CCCCC/C=C\C/C=C\C/C=C\CC1OC1CCCC(=O)O[C@H](COC(=O)CCCCCCCCCCCCCCC)COP(=O)([O-])OCC[N+](C)(C)C. The van der Waals surface area contributed by atoms with Crippen LogP contribution >= 0.6 is 7.82 Å². The summed E-state index contributed by atoms with van der Waals surface area (Å²) in [5.41, 5.74) is 0. The second-order valence-electron chi connectivity index (χ2n) is 16.1. The van der Waals surface area contributed by atoms with Gasteiger partial charge in [-0.15, -0.1) is 0 Å². The van der Waals surface area contributed by atoms with Gasteiger partial charge in [-0.3, -0.25) is 14.2 Å². The van der Waals surface area contributed by atoms with Crippen molar-refractivity contribution in [3.05, 3.63) is 36.5 Å². The maximum absolute atomic E-state index is 12.7. The quantitative estimate of drug-likeness (QED) is 0.0150. The summed E-state index contributed by atoms with van der Waals surface area (Å²) in [5.74, 6) is -0.909. The molecule has 0 aromatic carbocycles. The fraction of sp³-hybridized carbons (Fsp3) is 0.818. The van der Waals surface area contributed by atoms with E-state index in [4.69, 9.17) is 23.3 Å². The van der Waals surface area contributed by atoms with E-state index >= 15 is 0 Å². The molecule has 11 heteroatoms. The molecular weight excluding hydrogens is 717 g/mol. The number of carbonyl (C=O) groups excluding carboxylic acids is 2. The highest BCUT2D eigenvalue weighted by Gasteiger charge is 2.36. The molecule has 55 heavy (non-hydrogen) atoms. The molecule has 0 radical (unpaired) electrons. The molecule has 0 amide bonds. The van der Waals surface area contributed by atoms with Crippen molar-refractivity contribution in [1.82, 2.24) is 0 Å². The van der Waals surface area contributed by atoms with Gasteiger partial charge in [0.2, 0.25) is 0 Å². The molecule has 1 fully saturated rings. The molecule has 0 N–H and O–H groups in total. The summed E-state index contributed by atoms with van der Waals surface area (Å²) in [6.45, 7) is 4.11. The first-order valence-corrected chi connectivity index (χ1v) is 23.3. The lowest BCUT2D eigenvalue weighted by Crippen LogP contribution is -2.37. The first kappa shape index (κ1) is 51.2. The molecule has 1 rings (SSSR count). The van der Waals surface area contributed by atoms with Crippen LogP contribution in [0, 0.1) is 0 Å². The normalized spacial score (nSPS) is 17.6. The molecule has 0 bridgehead atoms.